The predicted molar refractivity (Wildman–Crippen MR) is 74.3 cm³/mol. The lowest BCUT2D eigenvalue weighted by atomic mass is 9.99. The van der Waals surface area contributed by atoms with Crippen LogP contribution < -0.4 is 5.32 Å². The van der Waals surface area contributed by atoms with Gasteiger partial charge < -0.3 is 5.32 Å². The van der Waals surface area contributed by atoms with E-state index in [1.807, 2.05) is 4.90 Å². The van der Waals surface area contributed by atoms with Crippen LogP contribution in [0.25, 0.3) is 0 Å². The molecule has 2 rings (SSSR count). The number of benzene rings is 1. The van der Waals surface area contributed by atoms with Crippen molar-refractivity contribution in [1.82, 2.24) is 10.2 Å². The predicted octanol–water partition coefficient (Wildman–Crippen LogP) is 3.96. The monoisotopic (exact) mass is 342 g/mol. The van der Waals surface area contributed by atoms with Gasteiger partial charge in [0.1, 0.15) is 0 Å². The molecule has 1 saturated heterocycles. The van der Waals surface area contributed by atoms with Gasteiger partial charge in [-0.25, -0.2) is 8.78 Å². The first kappa shape index (κ1) is 17.4. The number of nitrogens with zero attached hydrogens (tertiary/aromatic N) is 1. The zero-order valence-corrected chi connectivity index (χ0v) is 12.4. The summed E-state index contributed by atoms with van der Waals surface area (Å²) >= 11 is 5.70. The highest BCUT2D eigenvalue weighted by atomic mass is 35.5. The zero-order chi connectivity index (χ0) is 16.3. The summed E-state index contributed by atoms with van der Waals surface area (Å²) in [4.78, 5) is 1.85. The van der Waals surface area contributed by atoms with Gasteiger partial charge in [0.15, 0.2) is 0 Å². The Labute approximate surface area is 130 Å². The number of halogens is 6. The topological polar surface area (TPSA) is 15.3 Å². The maximum Gasteiger partial charge on any atom is 0.417 e. The molecule has 1 aliphatic heterocycles. The molecular formula is C14H16ClF5N2. The van der Waals surface area contributed by atoms with Crippen LogP contribution in [0.15, 0.2) is 18.2 Å². The molecule has 0 radical (unpaired) electrons. The Morgan fingerprint density at radius 1 is 1.18 bits per heavy atom. The van der Waals surface area contributed by atoms with Crippen molar-refractivity contribution < 1.29 is 22.0 Å². The summed E-state index contributed by atoms with van der Waals surface area (Å²) in [6.45, 7) is 2.45. The summed E-state index contributed by atoms with van der Waals surface area (Å²) in [7, 11) is 0. The lowest BCUT2D eigenvalue weighted by Crippen LogP contribution is -2.45. The van der Waals surface area contributed by atoms with Crippen molar-refractivity contribution in [3.63, 3.8) is 0 Å². The quantitative estimate of drug-likeness (QED) is 0.833. The van der Waals surface area contributed by atoms with E-state index >= 15 is 0 Å². The minimum Gasteiger partial charge on any atom is -0.314 e. The molecule has 0 unspecified atom stereocenters. The highest BCUT2D eigenvalue weighted by Gasteiger charge is 2.34. The molecule has 124 valence electrons. The number of alkyl halides is 5. The minimum atomic E-state index is -4.55. The van der Waals surface area contributed by atoms with E-state index in [0.717, 1.165) is 12.1 Å². The third-order valence-corrected chi connectivity index (χ3v) is 3.99. The molecule has 0 amide bonds. The highest BCUT2D eigenvalue weighted by molar-refractivity contribution is 6.31. The summed E-state index contributed by atoms with van der Waals surface area (Å²) in [5, 5.41) is 2.65. The molecule has 0 bridgehead atoms. The van der Waals surface area contributed by atoms with E-state index in [1.54, 1.807) is 0 Å². The molecule has 0 spiro atoms. The van der Waals surface area contributed by atoms with E-state index in [2.05, 4.69) is 5.32 Å². The van der Waals surface area contributed by atoms with Crippen LogP contribution in [0.2, 0.25) is 5.02 Å². The van der Waals surface area contributed by atoms with Crippen LogP contribution in [-0.4, -0.2) is 37.5 Å². The van der Waals surface area contributed by atoms with Gasteiger partial charge in [-0.2, -0.15) is 13.2 Å². The fourth-order valence-corrected chi connectivity index (χ4v) is 2.92. The van der Waals surface area contributed by atoms with Crippen LogP contribution in [0, 0.1) is 0 Å². The molecule has 0 aromatic heterocycles. The van der Waals surface area contributed by atoms with Gasteiger partial charge in [0.2, 0.25) is 6.43 Å². The van der Waals surface area contributed by atoms with E-state index in [0.29, 0.717) is 31.7 Å². The molecule has 22 heavy (non-hydrogen) atoms. The molecule has 0 aliphatic carbocycles. The van der Waals surface area contributed by atoms with Gasteiger partial charge in [0, 0.05) is 38.6 Å². The maximum atomic E-state index is 12.8. The minimum absolute atomic E-state index is 0.389. The molecule has 1 aliphatic rings. The number of hydrogen-bond acceptors (Lipinski definition) is 2. The molecule has 1 N–H and O–H groups in total. The lowest BCUT2D eigenvalue weighted by Gasteiger charge is -2.35. The SMILES string of the molecule is FC(F)C[C@H](c1ccc(C(F)(F)F)c(Cl)c1)N1CCNCC1. The molecule has 1 heterocycles. The van der Waals surface area contributed by atoms with Gasteiger partial charge in [-0.3, -0.25) is 4.90 Å². The second kappa shape index (κ2) is 7.10. The molecule has 1 aromatic rings. The third kappa shape index (κ3) is 4.30. The Kier molecular flexibility index (Phi) is 5.63. The molecule has 8 heteroatoms. The van der Waals surface area contributed by atoms with Gasteiger partial charge in [0.25, 0.3) is 0 Å². The van der Waals surface area contributed by atoms with Crippen molar-refractivity contribution in [2.24, 2.45) is 0 Å². The van der Waals surface area contributed by atoms with Crippen LogP contribution in [0.3, 0.4) is 0 Å². The van der Waals surface area contributed by atoms with Crippen LogP contribution in [0.5, 0.6) is 0 Å². The van der Waals surface area contributed by atoms with Crippen LogP contribution >= 0.6 is 11.6 Å². The lowest BCUT2D eigenvalue weighted by molar-refractivity contribution is -0.137. The fraction of sp³-hybridized carbons (Fsp3) is 0.571. The fourth-order valence-electron chi connectivity index (χ4n) is 2.63. The molecule has 1 fully saturated rings. The Morgan fingerprint density at radius 3 is 2.32 bits per heavy atom. The number of hydrogen-bond donors (Lipinski definition) is 1. The maximum absolute atomic E-state index is 12.8. The summed E-state index contributed by atoms with van der Waals surface area (Å²) in [5.74, 6) is 0. The number of nitrogens with one attached hydrogen (secondary N) is 1. The molecule has 0 saturated carbocycles. The standard InChI is InChI=1S/C14H16ClF5N2/c15-11-7-9(1-2-10(11)14(18,19)20)12(8-13(16)17)22-5-3-21-4-6-22/h1-2,7,12-13,21H,3-6,8H2/t12-/m1/s1. The average molecular weight is 343 g/mol. The van der Waals surface area contributed by atoms with Crippen molar-refractivity contribution in [2.75, 3.05) is 26.2 Å². The van der Waals surface area contributed by atoms with Crippen molar-refractivity contribution in [3.05, 3.63) is 34.3 Å². The Bertz CT molecular complexity index is 500. The largest absolute Gasteiger partial charge is 0.417 e. The van der Waals surface area contributed by atoms with E-state index in [-0.39, 0.29) is 0 Å². The van der Waals surface area contributed by atoms with Crippen LogP contribution in [-0.2, 0) is 6.18 Å². The average Bonchev–Trinajstić information content (AvgIpc) is 2.44. The smallest absolute Gasteiger partial charge is 0.314 e. The van der Waals surface area contributed by atoms with Gasteiger partial charge in [-0.15, -0.1) is 0 Å². The Balaban J connectivity index is 2.29. The van der Waals surface area contributed by atoms with E-state index in [9.17, 15) is 22.0 Å². The van der Waals surface area contributed by atoms with E-state index in [4.69, 9.17) is 11.6 Å². The molecular weight excluding hydrogens is 327 g/mol. The first-order chi connectivity index (χ1) is 10.3. The van der Waals surface area contributed by atoms with Gasteiger partial charge in [0.05, 0.1) is 10.6 Å². The molecule has 1 aromatic carbocycles. The van der Waals surface area contributed by atoms with Crippen molar-refractivity contribution in [3.8, 4) is 0 Å². The van der Waals surface area contributed by atoms with Gasteiger partial charge in [-0.1, -0.05) is 17.7 Å². The van der Waals surface area contributed by atoms with Crippen molar-refractivity contribution in [2.45, 2.75) is 25.1 Å². The Hall–Kier alpha value is -0.920. The van der Waals surface area contributed by atoms with Crippen molar-refractivity contribution >= 4 is 11.6 Å². The number of rotatable bonds is 4. The number of piperazine rings is 1. The van der Waals surface area contributed by atoms with E-state index in [1.165, 1.54) is 6.07 Å². The Morgan fingerprint density at radius 2 is 1.82 bits per heavy atom. The summed E-state index contributed by atoms with van der Waals surface area (Å²) in [5.41, 5.74) is -0.561. The summed E-state index contributed by atoms with van der Waals surface area (Å²) in [6.07, 6.45) is -7.52. The van der Waals surface area contributed by atoms with Crippen molar-refractivity contribution in [1.29, 1.82) is 0 Å². The second-order valence-electron chi connectivity index (χ2n) is 5.17. The van der Waals surface area contributed by atoms with Crippen LogP contribution in [0.1, 0.15) is 23.6 Å². The highest BCUT2D eigenvalue weighted by Crippen LogP contribution is 2.37. The molecule has 2 nitrogen and oxygen atoms in total. The van der Waals surface area contributed by atoms with E-state index < -0.39 is 35.7 Å². The second-order valence-corrected chi connectivity index (χ2v) is 5.57. The summed E-state index contributed by atoms with van der Waals surface area (Å²) < 4.78 is 63.8. The van der Waals surface area contributed by atoms with Gasteiger partial charge in [-0.05, 0) is 17.7 Å². The zero-order valence-electron chi connectivity index (χ0n) is 11.6. The first-order valence-corrected chi connectivity index (χ1v) is 7.26. The van der Waals surface area contributed by atoms with Crippen LogP contribution in [0.4, 0.5) is 22.0 Å². The first-order valence-electron chi connectivity index (χ1n) is 6.88. The molecule has 1 atom stereocenters. The third-order valence-electron chi connectivity index (χ3n) is 3.68. The normalized spacial score (nSPS) is 18.7. The van der Waals surface area contributed by atoms with Gasteiger partial charge >= 0.3 is 6.18 Å². The summed E-state index contributed by atoms with van der Waals surface area (Å²) in [6, 6.07) is 2.61.